The van der Waals surface area contributed by atoms with Crippen LogP contribution in [-0.4, -0.2) is 0 Å². The molecule has 0 amide bonds. The Morgan fingerprint density at radius 1 is 1.20 bits per heavy atom. The van der Waals surface area contributed by atoms with E-state index in [9.17, 15) is 4.39 Å². The van der Waals surface area contributed by atoms with Gasteiger partial charge in [-0.1, -0.05) is 39.0 Å². The minimum atomic E-state index is -0.248. The predicted molar refractivity (Wildman–Crippen MR) is 79.6 cm³/mol. The smallest absolute Gasteiger partial charge is 0.134 e. The van der Waals surface area contributed by atoms with E-state index in [1.807, 2.05) is 6.07 Å². The van der Waals surface area contributed by atoms with Gasteiger partial charge in [-0.25, -0.2) is 9.82 Å². The summed E-state index contributed by atoms with van der Waals surface area (Å²) in [5, 5.41) is 0.784. The molecule has 0 radical (unpaired) electrons. The zero-order chi connectivity index (χ0) is 14.4. The molecular formula is C16H23FN2O. The topological polar surface area (TPSA) is 51.2 Å². The van der Waals surface area contributed by atoms with Crippen LogP contribution >= 0.6 is 0 Å². The van der Waals surface area contributed by atoms with Gasteiger partial charge in [0, 0.05) is 5.39 Å². The molecule has 1 heterocycles. The average molecular weight is 278 g/mol. The summed E-state index contributed by atoms with van der Waals surface area (Å²) < 4.78 is 18.9. The first kappa shape index (κ1) is 15.0. The van der Waals surface area contributed by atoms with Crippen LogP contribution in [0.3, 0.4) is 0 Å². The Morgan fingerprint density at radius 2 is 2.00 bits per heavy atom. The Hall–Kier alpha value is -1.39. The number of fused-ring (bicyclic) bond motifs is 1. The van der Waals surface area contributed by atoms with E-state index >= 15 is 0 Å². The van der Waals surface area contributed by atoms with E-state index < -0.39 is 0 Å². The average Bonchev–Trinajstić information content (AvgIpc) is 2.85. The lowest BCUT2D eigenvalue weighted by atomic mass is 10.0. The molecule has 1 atom stereocenters. The first-order valence-corrected chi connectivity index (χ1v) is 7.39. The Morgan fingerprint density at radius 3 is 2.75 bits per heavy atom. The minimum Gasteiger partial charge on any atom is -0.459 e. The zero-order valence-electron chi connectivity index (χ0n) is 12.0. The molecule has 0 aliphatic carbocycles. The van der Waals surface area contributed by atoms with Gasteiger partial charge in [0.25, 0.3) is 0 Å². The van der Waals surface area contributed by atoms with E-state index in [0.717, 1.165) is 24.0 Å². The summed E-state index contributed by atoms with van der Waals surface area (Å²) in [5.41, 5.74) is 3.50. The lowest BCUT2D eigenvalue weighted by Crippen LogP contribution is -2.27. The third-order valence-corrected chi connectivity index (χ3v) is 3.64. The van der Waals surface area contributed by atoms with Crippen molar-refractivity contribution >= 4 is 11.0 Å². The Labute approximate surface area is 119 Å². The first-order valence-electron chi connectivity index (χ1n) is 7.39. The standard InChI is InChI=1S/C16H23FN2O/c1-2-3-4-5-6-7-14(19-18)16-11-12-10-13(17)8-9-15(12)20-16/h8-11,14,19H,2-7,18H2,1H3. The summed E-state index contributed by atoms with van der Waals surface area (Å²) in [6, 6.07) is 6.41. The lowest BCUT2D eigenvalue weighted by molar-refractivity contribution is 0.402. The molecule has 0 aliphatic heterocycles. The molecule has 0 bridgehead atoms. The van der Waals surface area contributed by atoms with Crippen LogP contribution in [0.15, 0.2) is 28.7 Å². The van der Waals surface area contributed by atoms with Gasteiger partial charge in [0.05, 0.1) is 6.04 Å². The molecule has 110 valence electrons. The fourth-order valence-electron chi connectivity index (χ4n) is 2.47. The highest BCUT2D eigenvalue weighted by molar-refractivity contribution is 5.78. The molecule has 1 aromatic carbocycles. The third-order valence-electron chi connectivity index (χ3n) is 3.64. The van der Waals surface area contributed by atoms with Crippen LogP contribution in [0.1, 0.15) is 57.3 Å². The summed E-state index contributed by atoms with van der Waals surface area (Å²) in [5.74, 6) is 6.15. The number of halogens is 1. The van der Waals surface area contributed by atoms with Crippen LogP contribution in [0, 0.1) is 5.82 Å². The van der Waals surface area contributed by atoms with Gasteiger partial charge in [-0.05, 0) is 30.7 Å². The number of hydrogen-bond donors (Lipinski definition) is 2. The number of benzene rings is 1. The molecule has 1 unspecified atom stereocenters. The highest BCUT2D eigenvalue weighted by Crippen LogP contribution is 2.27. The molecule has 0 saturated carbocycles. The number of nitrogens with two attached hydrogens (primary N) is 1. The highest BCUT2D eigenvalue weighted by Gasteiger charge is 2.14. The van der Waals surface area contributed by atoms with Crippen LogP contribution in [0.2, 0.25) is 0 Å². The largest absolute Gasteiger partial charge is 0.459 e. The molecular weight excluding hydrogens is 255 g/mol. The van der Waals surface area contributed by atoms with E-state index in [2.05, 4.69) is 12.3 Å². The maximum absolute atomic E-state index is 13.2. The van der Waals surface area contributed by atoms with E-state index in [-0.39, 0.29) is 11.9 Å². The Balaban J connectivity index is 1.98. The van der Waals surface area contributed by atoms with Crippen molar-refractivity contribution in [3.05, 3.63) is 35.8 Å². The van der Waals surface area contributed by atoms with Crippen molar-refractivity contribution < 1.29 is 8.81 Å². The van der Waals surface area contributed by atoms with Gasteiger partial charge in [0.1, 0.15) is 17.2 Å². The molecule has 0 saturated heterocycles. The molecule has 1 aromatic heterocycles. The van der Waals surface area contributed by atoms with Gasteiger partial charge in [-0.15, -0.1) is 0 Å². The third kappa shape index (κ3) is 3.81. The van der Waals surface area contributed by atoms with Crippen LogP contribution < -0.4 is 11.3 Å². The summed E-state index contributed by atoms with van der Waals surface area (Å²) in [6.45, 7) is 2.21. The Bertz CT molecular complexity index is 538. The van der Waals surface area contributed by atoms with Gasteiger partial charge in [-0.2, -0.15) is 0 Å². The molecule has 4 heteroatoms. The summed E-state index contributed by atoms with van der Waals surface area (Å²) in [7, 11) is 0. The van der Waals surface area contributed by atoms with Crippen LogP contribution in [-0.2, 0) is 0 Å². The van der Waals surface area contributed by atoms with Gasteiger partial charge in [-0.3, -0.25) is 5.84 Å². The molecule has 3 N–H and O–H groups in total. The second-order valence-electron chi connectivity index (χ2n) is 5.25. The maximum atomic E-state index is 13.2. The van der Waals surface area contributed by atoms with Crippen molar-refractivity contribution in [2.75, 3.05) is 0 Å². The SMILES string of the molecule is CCCCCCCC(NN)c1cc2cc(F)ccc2o1. The van der Waals surface area contributed by atoms with Crippen LogP contribution in [0.5, 0.6) is 0 Å². The van der Waals surface area contributed by atoms with Crippen molar-refractivity contribution in [2.45, 2.75) is 51.5 Å². The van der Waals surface area contributed by atoms with Crippen LogP contribution in [0.25, 0.3) is 11.0 Å². The number of hydrazine groups is 1. The van der Waals surface area contributed by atoms with Gasteiger partial charge < -0.3 is 4.42 Å². The minimum absolute atomic E-state index is 0.00733. The van der Waals surface area contributed by atoms with Crippen molar-refractivity contribution in [1.29, 1.82) is 0 Å². The predicted octanol–water partition coefficient (Wildman–Crippen LogP) is 4.44. The van der Waals surface area contributed by atoms with Crippen molar-refractivity contribution in [2.24, 2.45) is 5.84 Å². The molecule has 2 aromatic rings. The fraction of sp³-hybridized carbons (Fsp3) is 0.500. The molecule has 0 aliphatic rings. The van der Waals surface area contributed by atoms with Crippen LogP contribution in [0.4, 0.5) is 4.39 Å². The van der Waals surface area contributed by atoms with Gasteiger partial charge in [0.15, 0.2) is 0 Å². The molecule has 2 rings (SSSR count). The van der Waals surface area contributed by atoms with Gasteiger partial charge >= 0.3 is 0 Å². The highest BCUT2D eigenvalue weighted by atomic mass is 19.1. The molecule has 0 fully saturated rings. The van der Waals surface area contributed by atoms with E-state index in [1.165, 1.54) is 37.8 Å². The lowest BCUT2D eigenvalue weighted by Gasteiger charge is -2.12. The number of furan rings is 1. The van der Waals surface area contributed by atoms with E-state index in [1.54, 1.807) is 6.07 Å². The maximum Gasteiger partial charge on any atom is 0.134 e. The first-order chi connectivity index (χ1) is 9.74. The van der Waals surface area contributed by atoms with E-state index in [4.69, 9.17) is 10.3 Å². The monoisotopic (exact) mass is 278 g/mol. The fourth-order valence-corrected chi connectivity index (χ4v) is 2.47. The molecule has 0 spiro atoms. The Kier molecular flexibility index (Phi) is 5.56. The van der Waals surface area contributed by atoms with Crippen molar-refractivity contribution in [3.63, 3.8) is 0 Å². The van der Waals surface area contributed by atoms with E-state index in [0.29, 0.717) is 5.58 Å². The molecule has 20 heavy (non-hydrogen) atoms. The summed E-state index contributed by atoms with van der Waals surface area (Å²) in [6.07, 6.45) is 7.04. The van der Waals surface area contributed by atoms with Crippen molar-refractivity contribution in [1.82, 2.24) is 5.43 Å². The zero-order valence-corrected chi connectivity index (χ0v) is 12.0. The van der Waals surface area contributed by atoms with Crippen molar-refractivity contribution in [3.8, 4) is 0 Å². The normalized spacial score (nSPS) is 12.9. The quantitative estimate of drug-likeness (QED) is 0.426. The number of nitrogens with one attached hydrogen (secondary N) is 1. The number of rotatable bonds is 8. The second kappa shape index (κ2) is 7.41. The number of unbranched alkanes of at least 4 members (excludes halogenated alkanes) is 4. The number of hydrogen-bond acceptors (Lipinski definition) is 3. The summed E-state index contributed by atoms with van der Waals surface area (Å²) >= 11 is 0. The van der Waals surface area contributed by atoms with Gasteiger partial charge in [0.2, 0.25) is 0 Å². The summed E-state index contributed by atoms with van der Waals surface area (Å²) in [4.78, 5) is 0. The second-order valence-corrected chi connectivity index (χ2v) is 5.25. The molecule has 3 nitrogen and oxygen atoms in total.